The topological polar surface area (TPSA) is 96.0 Å². The first-order valence-corrected chi connectivity index (χ1v) is 15.1. The van der Waals surface area contributed by atoms with Crippen LogP contribution < -0.4 is 14.4 Å². The summed E-state index contributed by atoms with van der Waals surface area (Å²) in [6, 6.07) is 32.5. The van der Waals surface area contributed by atoms with Gasteiger partial charge >= 0.3 is 0 Å². The Bertz CT molecular complexity index is 1570. The summed E-state index contributed by atoms with van der Waals surface area (Å²) in [5.74, 6) is -0.555. The second kappa shape index (κ2) is 14.3. The predicted molar refractivity (Wildman–Crippen MR) is 164 cm³/mol. The van der Waals surface area contributed by atoms with Crippen LogP contribution in [0.4, 0.5) is 5.69 Å². The van der Waals surface area contributed by atoms with Crippen molar-refractivity contribution in [2.45, 2.75) is 30.8 Å². The van der Waals surface area contributed by atoms with Crippen molar-refractivity contribution >= 4 is 27.5 Å². The van der Waals surface area contributed by atoms with Crippen molar-refractivity contribution in [1.29, 1.82) is 0 Å². The smallest absolute Gasteiger partial charge is 0.264 e. The van der Waals surface area contributed by atoms with Gasteiger partial charge in [0.15, 0.2) is 0 Å². The van der Waals surface area contributed by atoms with Gasteiger partial charge in [0.05, 0.1) is 17.7 Å². The van der Waals surface area contributed by atoms with Crippen molar-refractivity contribution in [2.24, 2.45) is 0 Å². The Balaban J connectivity index is 1.80. The molecule has 8 nitrogen and oxygen atoms in total. The summed E-state index contributed by atoms with van der Waals surface area (Å²) in [7, 11) is -2.75. The largest absolute Gasteiger partial charge is 0.495 e. The molecule has 0 saturated heterocycles. The van der Waals surface area contributed by atoms with Crippen LogP contribution in [-0.4, -0.2) is 51.4 Å². The first-order chi connectivity index (χ1) is 20.3. The zero-order valence-electron chi connectivity index (χ0n) is 23.7. The van der Waals surface area contributed by atoms with Crippen molar-refractivity contribution in [1.82, 2.24) is 10.2 Å². The van der Waals surface area contributed by atoms with Gasteiger partial charge in [-0.15, -0.1) is 0 Å². The van der Waals surface area contributed by atoms with E-state index in [0.717, 1.165) is 15.4 Å². The average molecular weight is 586 g/mol. The Kier molecular flexibility index (Phi) is 10.3. The van der Waals surface area contributed by atoms with Crippen LogP contribution in [0.2, 0.25) is 0 Å². The lowest BCUT2D eigenvalue weighted by molar-refractivity contribution is -0.140. The molecule has 1 atom stereocenters. The number of sulfonamides is 1. The van der Waals surface area contributed by atoms with E-state index in [0.29, 0.717) is 12.3 Å². The highest BCUT2D eigenvalue weighted by molar-refractivity contribution is 7.92. The van der Waals surface area contributed by atoms with E-state index in [4.69, 9.17) is 4.74 Å². The molecule has 0 spiro atoms. The summed E-state index contributed by atoms with van der Waals surface area (Å²) in [6.07, 6.45) is 0.255. The number of benzene rings is 4. The van der Waals surface area contributed by atoms with Crippen LogP contribution in [0.3, 0.4) is 0 Å². The fourth-order valence-corrected chi connectivity index (χ4v) is 6.14. The van der Waals surface area contributed by atoms with Crippen LogP contribution >= 0.6 is 0 Å². The Hall–Kier alpha value is -4.63. The highest BCUT2D eigenvalue weighted by atomic mass is 32.2. The fourth-order valence-electron chi connectivity index (χ4n) is 4.69. The van der Waals surface area contributed by atoms with E-state index in [1.165, 1.54) is 24.1 Å². The van der Waals surface area contributed by atoms with Crippen LogP contribution in [0.25, 0.3) is 0 Å². The number of para-hydroxylation sites is 2. The third kappa shape index (κ3) is 7.36. The van der Waals surface area contributed by atoms with E-state index < -0.39 is 28.5 Å². The molecule has 0 bridgehead atoms. The number of likely N-dealkylation sites (N-methyl/N-ethyl adjacent to an activating group) is 1. The fraction of sp³-hybridized carbons (Fsp3) is 0.212. The molecule has 42 heavy (non-hydrogen) atoms. The summed E-state index contributed by atoms with van der Waals surface area (Å²) >= 11 is 0. The summed E-state index contributed by atoms with van der Waals surface area (Å²) in [4.78, 5) is 29.3. The van der Waals surface area contributed by atoms with Gasteiger partial charge in [-0.05, 0) is 42.3 Å². The van der Waals surface area contributed by atoms with Gasteiger partial charge in [-0.2, -0.15) is 0 Å². The van der Waals surface area contributed by atoms with Gasteiger partial charge in [0, 0.05) is 19.5 Å². The molecule has 0 aromatic heterocycles. The van der Waals surface area contributed by atoms with Crippen molar-refractivity contribution in [3.63, 3.8) is 0 Å². The number of carbonyl (C=O) groups excluding carboxylic acids is 2. The van der Waals surface area contributed by atoms with Gasteiger partial charge in [0.1, 0.15) is 18.3 Å². The minimum Gasteiger partial charge on any atom is -0.495 e. The number of amides is 2. The lowest BCUT2D eigenvalue weighted by Crippen LogP contribution is -2.53. The molecule has 0 heterocycles. The zero-order chi connectivity index (χ0) is 30.0. The molecule has 4 aromatic rings. The highest BCUT2D eigenvalue weighted by Crippen LogP contribution is 2.32. The number of hydrogen-bond donors (Lipinski definition) is 1. The van der Waals surface area contributed by atoms with Gasteiger partial charge in [-0.1, -0.05) is 91.0 Å². The van der Waals surface area contributed by atoms with Crippen LogP contribution in [0.15, 0.2) is 120 Å². The minimum atomic E-state index is -4.20. The third-order valence-corrected chi connectivity index (χ3v) is 8.56. The molecule has 0 saturated carbocycles. The van der Waals surface area contributed by atoms with Gasteiger partial charge in [0.25, 0.3) is 10.0 Å². The molecule has 4 aromatic carbocycles. The number of carbonyl (C=O) groups is 2. The maximum atomic E-state index is 14.3. The van der Waals surface area contributed by atoms with E-state index in [1.54, 1.807) is 42.5 Å². The SMILES string of the molecule is CCNC(=O)C(Cc1ccccc1)N(Cc1ccccc1)C(=O)CN(c1ccccc1OC)S(=O)(=O)c1ccccc1. The maximum absolute atomic E-state index is 14.3. The van der Waals surface area contributed by atoms with Gasteiger partial charge in [-0.3, -0.25) is 13.9 Å². The molecule has 218 valence electrons. The second-order valence-corrected chi connectivity index (χ2v) is 11.5. The first kappa shape index (κ1) is 30.3. The highest BCUT2D eigenvalue weighted by Gasteiger charge is 2.35. The molecule has 0 aliphatic carbocycles. The van der Waals surface area contributed by atoms with Crippen LogP contribution in [-0.2, 0) is 32.6 Å². The summed E-state index contributed by atoms with van der Waals surface area (Å²) in [5.41, 5.74) is 1.90. The normalized spacial score (nSPS) is 11.8. The molecular formula is C33H35N3O5S. The van der Waals surface area contributed by atoms with Crippen molar-refractivity contribution < 1.29 is 22.7 Å². The van der Waals surface area contributed by atoms with E-state index in [9.17, 15) is 18.0 Å². The van der Waals surface area contributed by atoms with Crippen LogP contribution in [0.5, 0.6) is 5.75 Å². The summed E-state index contributed by atoms with van der Waals surface area (Å²) in [6.45, 7) is 1.76. The molecule has 0 radical (unpaired) electrons. The van der Waals surface area contributed by atoms with Crippen LogP contribution in [0.1, 0.15) is 18.1 Å². The molecule has 2 amide bonds. The van der Waals surface area contributed by atoms with Crippen molar-refractivity contribution in [3.8, 4) is 5.75 Å². The number of nitrogens with zero attached hydrogens (tertiary/aromatic N) is 2. The van der Waals surface area contributed by atoms with E-state index >= 15 is 0 Å². The lowest BCUT2D eigenvalue weighted by atomic mass is 10.0. The second-order valence-electron chi connectivity index (χ2n) is 9.60. The number of anilines is 1. The number of rotatable bonds is 13. The molecular weight excluding hydrogens is 550 g/mol. The molecule has 9 heteroatoms. The van der Waals surface area contributed by atoms with Crippen molar-refractivity contribution in [2.75, 3.05) is 24.5 Å². The monoisotopic (exact) mass is 585 g/mol. The number of methoxy groups -OCH3 is 1. The van der Waals surface area contributed by atoms with Gasteiger partial charge in [-0.25, -0.2) is 8.42 Å². The lowest BCUT2D eigenvalue weighted by Gasteiger charge is -2.34. The molecule has 0 aliphatic rings. The predicted octanol–water partition coefficient (Wildman–Crippen LogP) is 4.67. The summed E-state index contributed by atoms with van der Waals surface area (Å²) in [5, 5.41) is 2.86. The van der Waals surface area contributed by atoms with E-state index in [1.807, 2.05) is 67.6 Å². The number of ether oxygens (including phenoxy) is 1. The van der Waals surface area contributed by atoms with Gasteiger partial charge < -0.3 is 15.0 Å². The molecule has 0 aliphatic heterocycles. The quantitative estimate of drug-likeness (QED) is 0.246. The average Bonchev–Trinajstić information content (AvgIpc) is 3.03. The number of nitrogens with one attached hydrogen (secondary N) is 1. The number of hydrogen-bond acceptors (Lipinski definition) is 5. The van der Waals surface area contributed by atoms with Gasteiger partial charge in [0.2, 0.25) is 11.8 Å². The Morgan fingerprint density at radius 3 is 1.93 bits per heavy atom. The molecule has 1 N–H and O–H groups in total. The Morgan fingerprint density at radius 1 is 0.786 bits per heavy atom. The van der Waals surface area contributed by atoms with E-state index in [-0.39, 0.29) is 29.5 Å². The maximum Gasteiger partial charge on any atom is 0.264 e. The van der Waals surface area contributed by atoms with E-state index in [2.05, 4.69) is 5.32 Å². The first-order valence-electron chi connectivity index (χ1n) is 13.7. The Morgan fingerprint density at radius 2 is 1.33 bits per heavy atom. The molecule has 4 rings (SSSR count). The molecule has 0 fully saturated rings. The Labute approximate surface area is 247 Å². The zero-order valence-corrected chi connectivity index (χ0v) is 24.5. The van der Waals surface area contributed by atoms with Crippen LogP contribution in [0, 0.1) is 0 Å². The summed E-state index contributed by atoms with van der Waals surface area (Å²) < 4.78 is 34.6. The standard InChI is InChI=1S/C33H35N3O5S/c1-3-34-33(38)30(23-26-15-7-4-8-16-26)35(24-27-17-9-5-10-18-27)32(37)25-36(29-21-13-14-22-31(29)41-2)42(39,40)28-19-11-6-12-20-28/h4-22,30H,3,23-25H2,1-2H3,(H,34,38). The minimum absolute atomic E-state index is 0.0304. The third-order valence-electron chi connectivity index (χ3n) is 6.78. The molecule has 1 unspecified atom stereocenters. The van der Waals surface area contributed by atoms with Crippen molar-refractivity contribution in [3.05, 3.63) is 126 Å².